The zero-order valence-electron chi connectivity index (χ0n) is 16.9. The van der Waals surface area contributed by atoms with Gasteiger partial charge in [-0.1, -0.05) is 5.16 Å². The number of piperazine rings is 1. The van der Waals surface area contributed by atoms with Gasteiger partial charge in [-0.2, -0.15) is 4.98 Å². The van der Waals surface area contributed by atoms with Gasteiger partial charge < -0.3 is 14.7 Å². The number of rotatable bonds is 6. The zero-order valence-corrected chi connectivity index (χ0v) is 16.9. The van der Waals surface area contributed by atoms with Gasteiger partial charge in [0.2, 0.25) is 5.89 Å². The minimum absolute atomic E-state index is 0.00237. The zero-order chi connectivity index (χ0) is 19.0. The summed E-state index contributed by atoms with van der Waals surface area (Å²) in [5, 5.41) is 7.68. The first-order valence-electron chi connectivity index (χ1n) is 10.2. The Labute approximate surface area is 161 Å². The fourth-order valence-corrected chi connectivity index (χ4v) is 3.77. The molecule has 4 rings (SSSR count). The predicted molar refractivity (Wildman–Crippen MR) is 108 cm³/mol. The van der Waals surface area contributed by atoms with Crippen molar-refractivity contribution in [3.8, 4) is 0 Å². The molecule has 2 aromatic rings. The average Bonchev–Trinajstić information content (AvgIpc) is 3.38. The van der Waals surface area contributed by atoms with Gasteiger partial charge in [0.25, 0.3) is 0 Å². The molecule has 0 spiro atoms. The van der Waals surface area contributed by atoms with Crippen molar-refractivity contribution in [2.75, 3.05) is 36.4 Å². The fourth-order valence-electron chi connectivity index (χ4n) is 3.77. The van der Waals surface area contributed by atoms with Crippen molar-refractivity contribution in [1.82, 2.24) is 15.0 Å². The summed E-state index contributed by atoms with van der Waals surface area (Å²) in [6.07, 6.45) is 2.37. The minimum Gasteiger partial charge on any atom is -0.374 e. The lowest BCUT2D eigenvalue weighted by atomic mass is 10.1. The van der Waals surface area contributed by atoms with Crippen molar-refractivity contribution in [2.24, 2.45) is 0 Å². The number of anilines is 2. The molecule has 0 radical (unpaired) electrons. The van der Waals surface area contributed by atoms with Gasteiger partial charge in [-0.15, -0.1) is 0 Å². The summed E-state index contributed by atoms with van der Waals surface area (Å²) in [5.41, 5.74) is 3.66. The van der Waals surface area contributed by atoms with Gasteiger partial charge >= 0.3 is 0 Å². The van der Waals surface area contributed by atoms with E-state index < -0.39 is 0 Å². The lowest BCUT2D eigenvalue weighted by Crippen LogP contribution is -2.48. The number of nitrogens with one attached hydrogen (secondary N) is 1. The summed E-state index contributed by atoms with van der Waals surface area (Å²) in [4.78, 5) is 9.60. The quantitative estimate of drug-likeness (QED) is 0.832. The van der Waals surface area contributed by atoms with Crippen molar-refractivity contribution in [1.29, 1.82) is 0 Å². The number of hydrogen-bond acceptors (Lipinski definition) is 6. The van der Waals surface area contributed by atoms with Gasteiger partial charge in [0.1, 0.15) is 6.04 Å². The molecule has 1 aliphatic heterocycles. The van der Waals surface area contributed by atoms with Crippen LogP contribution < -0.4 is 10.2 Å². The molecule has 0 unspecified atom stereocenters. The molecule has 0 amide bonds. The SMILES string of the molecule is Cc1cc(N[C@H](C)c2nc(C3CC3)no2)cc(N2CCN(C(C)C)CC2)c1. The number of hydrogen-bond donors (Lipinski definition) is 1. The van der Waals surface area contributed by atoms with Gasteiger partial charge in [-0.3, -0.25) is 4.90 Å². The van der Waals surface area contributed by atoms with E-state index in [4.69, 9.17) is 4.52 Å². The third-order valence-electron chi connectivity index (χ3n) is 5.63. The van der Waals surface area contributed by atoms with Crippen molar-refractivity contribution < 1.29 is 4.52 Å². The molecule has 27 heavy (non-hydrogen) atoms. The Morgan fingerprint density at radius 3 is 2.48 bits per heavy atom. The lowest BCUT2D eigenvalue weighted by Gasteiger charge is -2.38. The normalized spacial score (nSPS) is 19.5. The lowest BCUT2D eigenvalue weighted by molar-refractivity contribution is 0.209. The molecule has 0 bridgehead atoms. The maximum atomic E-state index is 5.47. The van der Waals surface area contributed by atoms with Gasteiger partial charge in [0.15, 0.2) is 5.82 Å². The van der Waals surface area contributed by atoms with Crippen LogP contribution >= 0.6 is 0 Å². The molecular formula is C21H31N5O. The van der Waals surface area contributed by atoms with Crippen molar-refractivity contribution in [3.05, 3.63) is 35.5 Å². The van der Waals surface area contributed by atoms with Crippen LogP contribution in [0.1, 0.15) is 62.9 Å². The van der Waals surface area contributed by atoms with Crippen LogP contribution in [0.3, 0.4) is 0 Å². The first-order chi connectivity index (χ1) is 13.0. The number of nitrogens with zero attached hydrogens (tertiary/aromatic N) is 4. The summed E-state index contributed by atoms with van der Waals surface area (Å²) in [7, 11) is 0. The Kier molecular flexibility index (Phi) is 5.08. The van der Waals surface area contributed by atoms with E-state index in [9.17, 15) is 0 Å². The molecule has 6 nitrogen and oxygen atoms in total. The molecule has 1 aromatic heterocycles. The van der Waals surface area contributed by atoms with E-state index in [0.29, 0.717) is 17.9 Å². The number of aromatic nitrogens is 2. The molecule has 1 atom stereocenters. The van der Waals surface area contributed by atoms with Crippen LogP contribution in [0.25, 0.3) is 0 Å². The number of benzene rings is 1. The van der Waals surface area contributed by atoms with Crippen LogP contribution in [0.5, 0.6) is 0 Å². The molecular weight excluding hydrogens is 338 g/mol. The Morgan fingerprint density at radius 1 is 1.07 bits per heavy atom. The highest BCUT2D eigenvalue weighted by atomic mass is 16.5. The van der Waals surface area contributed by atoms with Gasteiger partial charge in [-0.25, -0.2) is 0 Å². The van der Waals surface area contributed by atoms with E-state index in [2.05, 4.69) is 71.2 Å². The third kappa shape index (κ3) is 4.26. The summed E-state index contributed by atoms with van der Waals surface area (Å²) in [6.45, 7) is 13.2. The molecule has 1 aromatic carbocycles. The smallest absolute Gasteiger partial charge is 0.248 e. The van der Waals surface area contributed by atoms with E-state index in [0.717, 1.165) is 37.7 Å². The third-order valence-corrected chi connectivity index (χ3v) is 5.63. The van der Waals surface area contributed by atoms with Crippen LogP contribution in [-0.2, 0) is 0 Å². The first-order valence-corrected chi connectivity index (χ1v) is 10.2. The second kappa shape index (κ2) is 7.50. The summed E-state index contributed by atoms with van der Waals surface area (Å²) in [6, 6.07) is 7.32. The van der Waals surface area contributed by atoms with Crippen molar-refractivity contribution in [3.63, 3.8) is 0 Å². The standard InChI is InChI=1S/C21H31N5O/c1-14(2)25-7-9-26(10-8-25)19-12-15(3)11-18(13-19)22-16(4)21-23-20(24-27-21)17-5-6-17/h11-14,16-17,22H,5-10H2,1-4H3/t16-/m1/s1. The highest BCUT2D eigenvalue weighted by Crippen LogP contribution is 2.38. The molecule has 1 N–H and O–H groups in total. The molecule has 2 fully saturated rings. The van der Waals surface area contributed by atoms with Crippen LogP contribution in [0, 0.1) is 6.92 Å². The Hall–Kier alpha value is -2.08. The highest BCUT2D eigenvalue weighted by Gasteiger charge is 2.29. The Balaban J connectivity index is 1.43. The molecule has 146 valence electrons. The van der Waals surface area contributed by atoms with Crippen LogP contribution in [0.15, 0.2) is 22.7 Å². The van der Waals surface area contributed by atoms with E-state index in [-0.39, 0.29) is 6.04 Å². The minimum atomic E-state index is -0.00237. The highest BCUT2D eigenvalue weighted by molar-refractivity contribution is 5.61. The van der Waals surface area contributed by atoms with Crippen LogP contribution in [-0.4, -0.2) is 47.3 Å². The maximum absolute atomic E-state index is 5.47. The Bertz CT molecular complexity index is 775. The second-order valence-electron chi connectivity index (χ2n) is 8.31. The average molecular weight is 370 g/mol. The second-order valence-corrected chi connectivity index (χ2v) is 8.31. The summed E-state index contributed by atoms with van der Waals surface area (Å²) < 4.78 is 5.47. The largest absolute Gasteiger partial charge is 0.374 e. The molecule has 2 heterocycles. The topological polar surface area (TPSA) is 57.4 Å². The molecule has 1 aliphatic carbocycles. The monoisotopic (exact) mass is 369 g/mol. The van der Waals surface area contributed by atoms with Gasteiger partial charge in [0.05, 0.1) is 0 Å². The van der Waals surface area contributed by atoms with Crippen molar-refractivity contribution in [2.45, 2.75) is 58.5 Å². The van der Waals surface area contributed by atoms with E-state index >= 15 is 0 Å². The van der Waals surface area contributed by atoms with E-state index in [1.54, 1.807) is 0 Å². The fraction of sp³-hybridized carbons (Fsp3) is 0.619. The van der Waals surface area contributed by atoms with Crippen molar-refractivity contribution >= 4 is 11.4 Å². The number of aryl methyl sites for hydroxylation is 1. The van der Waals surface area contributed by atoms with Crippen LogP contribution in [0.4, 0.5) is 11.4 Å². The molecule has 1 saturated carbocycles. The van der Waals surface area contributed by atoms with E-state index in [1.165, 1.54) is 24.1 Å². The predicted octanol–water partition coefficient (Wildman–Crippen LogP) is 3.96. The maximum Gasteiger partial charge on any atom is 0.248 e. The molecule has 6 heteroatoms. The van der Waals surface area contributed by atoms with Crippen LogP contribution in [0.2, 0.25) is 0 Å². The summed E-state index contributed by atoms with van der Waals surface area (Å²) in [5.74, 6) is 2.06. The molecule has 2 aliphatic rings. The molecule has 1 saturated heterocycles. The Morgan fingerprint density at radius 2 is 1.81 bits per heavy atom. The van der Waals surface area contributed by atoms with Gasteiger partial charge in [-0.05, 0) is 64.3 Å². The van der Waals surface area contributed by atoms with Gasteiger partial charge in [0, 0.05) is 49.5 Å². The first kappa shape index (κ1) is 18.3. The van der Waals surface area contributed by atoms with E-state index in [1.807, 2.05) is 0 Å². The summed E-state index contributed by atoms with van der Waals surface area (Å²) >= 11 is 0.